The van der Waals surface area contributed by atoms with Gasteiger partial charge < -0.3 is 18.9 Å². The van der Waals surface area contributed by atoms with Gasteiger partial charge in [-0.3, -0.25) is 0 Å². The van der Waals surface area contributed by atoms with E-state index in [0.717, 1.165) is 35.1 Å². The van der Waals surface area contributed by atoms with E-state index in [2.05, 4.69) is 13.8 Å². The maximum absolute atomic E-state index is 12.8. The lowest BCUT2D eigenvalue weighted by molar-refractivity contribution is 0.0725. The van der Waals surface area contributed by atoms with Crippen LogP contribution in [-0.4, -0.2) is 25.2 Å². The summed E-state index contributed by atoms with van der Waals surface area (Å²) in [5, 5.41) is 1.67. The zero-order valence-electron chi connectivity index (χ0n) is 27.4. The number of carbonyl (C=O) groups excluding carboxylic acids is 2. The molecule has 0 atom stereocenters. The molecule has 0 radical (unpaired) electrons. The highest BCUT2D eigenvalue weighted by atomic mass is 16.5. The summed E-state index contributed by atoms with van der Waals surface area (Å²) in [6.07, 6.45) is 14.6. The van der Waals surface area contributed by atoms with Crippen molar-refractivity contribution in [1.29, 1.82) is 0 Å². The number of hydrogen-bond donors (Lipinski definition) is 0. The smallest absolute Gasteiger partial charge is 0.343 e. The molecule has 0 saturated carbocycles. The van der Waals surface area contributed by atoms with Gasteiger partial charge in [-0.15, -0.1) is 0 Å². The van der Waals surface area contributed by atoms with Crippen LogP contribution in [0.25, 0.3) is 10.8 Å². The summed E-state index contributed by atoms with van der Waals surface area (Å²) in [4.78, 5) is 25.6. The van der Waals surface area contributed by atoms with Crippen LogP contribution in [0.1, 0.15) is 112 Å². The molecule has 6 heteroatoms. The molecule has 0 unspecified atom stereocenters. The lowest BCUT2D eigenvalue weighted by Gasteiger charge is -2.09. The van der Waals surface area contributed by atoms with E-state index in [1.165, 1.54) is 64.2 Å². The quantitative estimate of drug-likeness (QED) is 0.0553. The van der Waals surface area contributed by atoms with Crippen molar-refractivity contribution in [3.63, 3.8) is 0 Å². The number of hydrogen-bond acceptors (Lipinski definition) is 6. The molecular weight excluding hydrogens is 576 g/mol. The summed E-state index contributed by atoms with van der Waals surface area (Å²) < 4.78 is 22.9. The Balaban J connectivity index is 1.23. The van der Waals surface area contributed by atoms with Crippen molar-refractivity contribution in [2.75, 3.05) is 13.2 Å². The zero-order chi connectivity index (χ0) is 32.4. The highest BCUT2D eigenvalue weighted by Gasteiger charge is 2.12. The Labute approximate surface area is 274 Å². The molecule has 0 amide bonds. The molecule has 0 aliphatic carbocycles. The van der Waals surface area contributed by atoms with Crippen molar-refractivity contribution < 1.29 is 28.5 Å². The molecular formula is C40H48O6. The molecule has 4 aromatic carbocycles. The van der Waals surface area contributed by atoms with Crippen molar-refractivity contribution in [2.24, 2.45) is 0 Å². The fourth-order valence-corrected chi connectivity index (χ4v) is 5.18. The number of benzene rings is 4. The van der Waals surface area contributed by atoms with Crippen molar-refractivity contribution in [3.8, 4) is 23.0 Å². The number of rotatable bonds is 20. The molecule has 4 aromatic rings. The Morgan fingerprint density at radius 3 is 1.46 bits per heavy atom. The molecule has 244 valence electrons. The highest BCUT2D eigenvalue weighted by Crippen LogP contribution is 2.25. The Morgan fingerprint density at radius 1 is 0.435 bits per heavy atom. The molecule has 0 aromatic heterocycles. The molecule has 0 aliphatic rings. The van der Waals surface area contributed by atoms with Gasteiger partial charge in [-0.1, -0.05) is 90.2 Å². The molecule has 0 heterocycles. The largest absolute Gasteiger partial charge is 0.494 e. The van der Waals surface area contributed by atoms with Gasteiger partial charge in [0.15, 0.2) is 0 Å². The van der Waals surface area contributed by atoms with Crippen molar-refractivity contribution in [1.82, 2.24) is 0 Å². The minimum atomic E-state index is -0.447. The minimum Gasteiger partial charge on any atom is -0.494 e. The van der Waals surface area contributed by atoms with Gasteiger partial charge in [0.25, 0.3) is 0 Å². The molecule has 0 aliphatic heterocycles. The average molecular weight is 625 g/mol. The van der Waals surface area contributed by atoms with Gasteiger partial charge in [0.05, 0.1) is 24.3 Å². The molecule has 6 nitrogen and oxygen atoms in total. The second-order valence-corrected chi connectivity index (χ2v) is 11.7. The number of esters is 2. The first-order valence-corrected chi connectivity index (χ1v) is 17.0. The van der Waals surface area contributed by atoms with Crippen LogP contribution in [0.3, 0.4) is 0 Å². The van der Waals surface area contributed by atoms with E-state index in [0.29, 0.717) is 35.8 Å². The van der Waals surface area contributed by atoms with E-state index in [1.54, 1.807) is 60.7 Å². The van der Waals surface area contributed by atoms with Crippen LogP contribution in [0.5, 0.6) is 23.0 Å². The van der Waals surface area contributed by atoms with Gasteiger partial charge in [0.1, 0.15) is 23.0 Å². The maximum atomic E-state index is 12.8. The fourth-order valence-electron chi connectivity index (χ4n) is 5.18. The van der Waals surface area contributed by atoms with Gasteiger partial charge in [-0.25, -0.2) is 9.59 Å². The van der Waals surface area contributed by atoms with Gasteiger partial charge in [0, 0.05) is 0 Å². The van der Waals surface area contributed by atoms with Crippen LogP contribution in [0.15, 0.2) is 84.9 Å². The summed E-state index contributed by atoms with van der Waals surface area (Å²) in [5.41, 5.74) is 0.877. The van der Waals surface area contributed by atoms with Crippen LogP contribution < -0.4 is 18.9 Å². The molecule has 4 rings (SSSR count). The molecule has 0 N–H and O–H groups in total. The van der Waals surface area contributed by atoms with Crippen LogP contribution in [-0.2, 0) is 0 Å². The summed E-state index contributed by atoms with van der Waals surface area (Å²) in [6, 6.07) is 24.8. The Bertz CT molecular complexity index is 1490. The van der Waals surface area contributed by atoms with Gasteiger partial charge >= 0.3 is 11.9 Å². The van der Waals surface area contributed by atoms with E-state index >= 15 is 0 Å². The normalized spacial score (nSPS) is 10.9. The highest BCUT2D eigenvalue weighted by molar-refractivity contribution is 5.97. The lowest BCUT2D eigenvalue weighted by atomic mass is 10.1. The molecule has 0 fully saturated rings. The summed E-state index contributed by atoms with van der Waals surface area (Å²) in [5.74, 6) is 1.50. The van der Waals surface area contributed by atoms with Crippen molar-refractivity contribution in [3.05, 3.63) is 96.1 Å². The van der Waals surface area contributed by atoms with Crippen molar-refractivity contribution in [2.45, 2.75) is 90.9 Å². The first-order chi connectivity index (χ1) is 22.6. The number of unbranched alkanes of at least 4 members (excludes halogenated alkanes) is 10. The van der Waals surface area contributed by atoms with E-state index in [9.17, 15) is 9.59 Å². The van der Waals surface area contributed by atoms with Gasteiger partial charge in [0.2, 0.25) is 0 Å². The summed E-state index contributed by atoms with van der Waals surface area (Å²) in [6.45, 7) is 5.80. The maximum Gasteiger partial charge on any atom is 0.343 e. The predicted octanol–water partition coefficient (Wildman–Crippen LogP) is 10.8. The van der Waals surface area contributed by atoms with Crippen LogP contribution in [0.2, 0.25) is 0 Å². The Kier molecular flexibility index (Phi) is 14.5. The van der Waals surface area contributed by atoms with Crippen LogP contribution >= 0.6 is 0 Å². The third-order valence-corrected chi connectivity index (χ3v) is 7.92. The molecule has 46 heavy (non-hydrogen) atoms. The zero-order valence-corrected chi connectivity index (χ0v) is 27.4. The topological polar surface area (TPSA) is 71.1 Å². The summed E-state index contributed by atoms with van der Waals surface area (Å²) in [7, 11) is 0. The molecule has 0 bridgehead atoms. The standard InChI is InChI=1S/C40H48O6/c1-3-5-7-9-11-13-27-43-35-20-17-31(18-21-35)39(41)46-38-22-19-32-29-34(16-15-33(32)30-38)40(42)45-37-25-23-36(24-26-37)44-28-14-12-10-8-6-4-2/h15-26,29-30H,3-14,27-28H2,1-2H3. The van der Waals surface area contributed by atoms with E-state index in [4.69, 9.17) is 18.9 Å². The molecule has 0 spiro atoms. The number of ether oxygens (including phenoxy) is 4. The van der Waals surface area contributed by atoms with Crippen LogP contribution in [0, 0.1) is 0 Å². The SMILES string of the molecule is CCCCCCCCOc1ccc(OC(=O)c2ccc3cc(OC(=O)c4ccc(OCCCCCCCC)cc4)ccc3c2)cc1. The Morgan fingerprint density at radius 2 is 0.848 bits per heavy atom. The monoisotopic (exact) mass is 624 g/mol. The van der Waals surface area contributed by atoms with E-state index in [1.807, 2.05) is 24.3 Å². The van der Waals surface area contributed by atoms with Gasteiger partial charge in [-0.2, -0.15) is 0 Å². The van der Waals surface area contributed by atoms with E-state index in [-0.39, 0.29) is 0 Å². The second kappa shape index (κ2) is 19.3. The predicted molar refractivity (Wildman–Crippen MR) is 184 cm³/mol. The second-order valence-electron chi connectivity index (χ2n) is 11.7. The van der Waals surface area contributed by atoms with E-state index < -0.39 is 11.9 Å². The fraction of sp³-hybridized carbons (Fsp3) is 0.400. The molecule has 0 saturated heterocycles. The lowest BCUT2D eigenvalue weighted by Crippen LogP contribution is -2.09. The van der Waals surface area contributed by atoms with Crippen LogP contribution in [0.4, 0.5) is 0 Å². The number of carbonyl (C=O) groups is 2. The first-order valence-electron chi connectivity index (χ1n) is 17.0. The third kappa shape index (κ3) is 11.6. The third-order valence-electron chi connectivity index (χ3n) is 7.92. The number of fused-ring (bicyclic) bond motifs is 1. The summed E-state index contributed by atoms with van der Waals surface area (Å²) >= 11 is 0. The first kappa shape index (κ1) is 34.6. The van der Waals surface area contributed by atoms with Gasteiger partial charge in [-0.05, 0) is 96.4 Å². The average Bonchev–Trinajstić information content (AvgIpc) is 3.08. The minimum absolute atomic E-state index is 0.426. The van der Waals surface area contributed by atoms with Crippen molar-refractivity contribution >= 4 is 22.7 Å². The Hall–Kier alpha value is -4.32.